The quantitative estimate of drug-likeness (QED) is 0.845. The largest absolute Gasteiger partial charge is 0.443 e. The van der Waals surface area contributed by atoms with E-state index in [0.29, 0.717) is 18.8 Å². The number of anilines is 1. The van der Waals surface area contributed by atoms with Crippen molar-refractivity contribution in [2.24, 2.45) is 0 Å². The van der Waals surface area contributed by atoms with Crippen molar-refractivity contribution in [1.82, 2.24) is 9.88 Å². The van der Waals surface area contributed by atoms with Crippen molar-refractivity contribution in [2.75, 3.05) is 31.1 Å². The Labute approximate surface area is 147 Å². The lowest BCUT2D eigenvalue weighted by atomic mass is 10.1. The van der Waals surface area contributed by atoms with Gasteiger partial charge in [-0.3, -0.25) is 4.79 Å². The van der Waals surface area contributed by atoms with Crippen LogP contribution in [0.1, 0.15) is 30.2 Å². The Morgan fingerprint density at radius 1 is 1.20 bits per heavy atom. The van der Waals surface area contributed by atoms with E-state index in [0.717, 1.165) is 18.9 Å². The molecule has 0 aliphatic carbocycles. The minimum Gasteiger partial charge on any atom is -0.443 e. The fourth-order valence-corrected chi connectivity index (χ4v) is 2.57. The molecular formula is C19H21N3O3. The Kier molecular flexibility index (Phi) is 4.77. The molecule has 2 aromatic rings. The van der Waals surface area contributed by atoms with E-state index >= 15 is 0 Å². The predicted octanol–water partition coefficient (Wildman–Crippen LogP) is 1.76. The first-order valence-electron chi connectivity index (χ1n) is 8.23. The number of hydrogen-bond donors (Lipinski definition) is 1. The second-order valence-corrected chi connectivity index (χ2v) is 6.44. The third kappa shape index (κ3) is 4.40. The van der Waals surface area contributed by atoms with Crippen LogP contribution in [0.3, 0.4) is 0 Å². The fraction of sp³-hybridized carbons (Fsp3) is 0.368. The Hall–Kier alpha value is -2.78. The van der Waals surface area contributed by atoms with Crippen LogP contribution in [-0.4, -0.2) is 52.7 Å². The second-order valence-electron chi connectivity index (χ2n) is 6.44. The van der Waals surface area contributed by atoms with E-state index in [9.17, 15) is 9.90 Å². The van der Waals surface area contributed by atoms with E-state index < -0.39 is 5.60 Å². The lowest BCUT2D eigenvalue weighted by molar-refractivity contribution is 0.0714. The van der Waals surface area contributed by atoms with Crippen LogP contribution in [0, 0.1) is 11.8 Å². The lowest BCUT2D eigenvalue weighted by Gasteiger charge is -2.34. The van der Waals surface area contributed by atoms with Crippen molar-refractivity contribution in [3.05, 3.63) is 48.0 Å². The van der Waals surface area contributed by atoms with Gasteiger partial charge in [-0.05, 0) is 44.0 Å². The molecule has 1 N–H and O–H groups in total. The van der Waals surface area contributed by atoms with Gasteiger partial charge in [0.15, 0.2) is 11.5 Å². The minimum atomic E-state index is -1.10. The zero-order valence-electron chi connectivity index (χ0n) is 14.4. The molecule has 3 rings (SSSR count). The highest BCUT2D eigenvalue weighted by Crippen LogP contribution is 2.16. The highest BCUT2D eigenvalue weighted by molar-refractivity contribution is 5.91. The number of aliphatic hydroxyl groups is 1. The predicted molar refractivity (Wildman–Crippen MR) is 94.2 cm³/mol. The molecule has 1 fully saturated rings. The van der Waals surface area contributed by atoms with Gasteiger partial charge in [-0.25, -0.2) is 4.98 Å². The molecule has 6 nitrogen and oxygen atoms in total. The second kappa shape index (κ2) is 6.99. The highest BCUT2D eigenvalue weighted by atomic mass is 16.4. The first-order chi connectivity index (χ1) is 11.9. The van der Waals surface area contributed by atoms with Gasteiger partial charge in [0.1, 0.15) is 11.4 Å². The van der Waals surface area contributed by atoms with E-state index in [4.69, 9.17) is 4.42 Å². The van der Waals surface area contributed by atoms with Crippen LogP contribution < -0.4 is 4.90 Å². The molecule has 6 heteroatoms. The molecule has 25 heavy (non-hydrogen) atoms. The van der Waals surface area contributed by atoms with Gasteiger partial charge in [-0.1, -0.05) is 12.0 Å². The summed E-state index contributed by atoms with van der Waals surface area (Å²) in [4.78, 5) is 20.8. The summed E-state index contributed by atoms with van der Waals surface area (Å²) in [5, 5.41) is 9.62. The van der Waals surface area contributed by atoms with Crippen molar-refractivity contribution in [3.63, 3.8) is 0 Å². The molecule has 1 saturated heterocycles. The van der Waals surface area contributed by atoms with Crippen molar-refractivity contribution in [1.29, 1.82) is 0 Å². The van der Waals surface area contributed by atoms with Gasteiger partial charge >= 0.3 is 0 Å². The molecule has 3 heterocycles. The normalized spacial score (nSPS) is 14.8. The van der Waals surface area contributed by atoms with Crippen molar-refractivity contribution in [2.45, 2.75) is 19.4 Å². The number of hydrogen-bond acceptors (Lipinski definition) is 5. The fourth-order valence-electron chi connectivity index (χ4n) is 2.57. The maximum Gasteiger partial charge on any atom is 0.289 e. The summed E-state index contributed by atoms with van der Waals surface area (Å²) in [6.45, 7) is 5.87. The topological polar surface area (TPSA) is 69.8 Å². The maximum absolute atomic E-state index is 12.6. The number of piperazine rings is 1. The third-order valence-corrected chi connectivity index (χ3v) is 3.85. The number of aromatic nitrogens is 1. The third-order valence-electron chi connectivity index (χ3n) is 3.85. The average molecular weight is 339 g/mol. The Morgan fingerprint density at radius 3 is 2.60 bits per heavy atom. The van der Waals surface area contributed by atoms with Crippen molar-refractivity contribution < 1.29 is 14.3 Å². The SMILES string of the molecule is CC(C)(O)C#Cc1ccc(C(=O)N2CCN(c3ccccn3)CC2)o1. The number of nitrogens with zero attached hydrogens (tertiary/aromatic N) is 3. The number of carbonyl (C=O) groups is 1. The van der Waals surface area contributed by atoms with Crippen LogP contribution >= 0.6 is 0 Å². The molecule has 0 spiro atoms. The maximum atomic E-state index is 12.6. The van der Waals surface area contributed by atoms with Crippen molar-refractivity contribution in [3.8, 4) is 11.8 Å². The number of carbonyl (C=O) groups excluding carboxylic acids is 1. The zero-order chi connectivity index (χ0) is 17.9. The first-order valence-corrected chi connectivity index (χ1v) is 8.23. The molecular weight excluding hydrogens is 318 g/mol. The van der Waals surface area contributed by atoms with E-state index in [-0.39, 0.29) is 11.7 Å². The van der Waals surface area contributed by atoms with Crippen LogP contribution in [0.2, 0.25) is 0 Å². The summed E-state index contributed by atoms with van der Waals surface area (Å²) in [6.07, 6.45) is 1.77. The smallest absolute Gasteiger partial charge is 0.289 e. The van der Waals surface area contributed by atoms with Gasteiger partial charge in [-0.2, -0.15) is 0 Å². The van der Waals surface area contributed by atoms with Crippen LogP contribution in [0.25, 0.3) is 0 Å². The molecule has 0 saturated carbocycles. The number of furan rings is 1. The molecule has 0 unspecified atom stereocenters. The molecule has 1 aliphatic rings. The number of rotatable bonds is 2. The molecule has 0 aromatic carbocycles. The summed E-state index contributed by atoms with van der Waals surface area (Å²) in [5.74, 6) is 6.83. The number of pyridine rings is 1. The Balaban J connectivity index is 1.61. The van der Waals surface area contributed by atoms with Crippen LogP contribution in [-0.2, 0) is 0 Å². The van der Waals surface area contributed by atoms with Gasteiger partial charge in [0.05, 0.1) is 0 Å². The average Bonchev–Trinajstić information content (AvgIpc) is 3.09. The molecule has 1 aliphatic heterocycles. The van der Waals surface area contributed by atoms with Gasteiger partial charge < -0.3 is 19.3 Å². The van der Waals surface area contributed by atoms with Crippen LogP contribution in [0.4, 0.5) is 5.82 Å². The summed E-state index contributed by atoms with van der Waals surface area (Å²) in [5.41, 5.74) is -1.10. The van der Waals surface area contributed by atoms with Crippen LogP contribution in [0.15, 0.2) is 40.9 Å². The number of amides is 1. The minimum absolute atomic E-state index is 0.142. The lowest BCUT2D eigenvalue weighted by Crippen LogP contribution is -2.49. The molecule has 1 amide bonds. The standard InChI is InChI=1S/C19H21N3O3/c1-19(2,24)9-8-15-6-7-16(25-15)18(23)22-13-11-21(12-14-22)17-5-3-4-10-20-17/h3-7,10,24H,11-14H2,1-2H3. The van der Waals surface area contributed by atoms with Gasteiger partial charge in [0.2, 0.25) is 0 Å². The van der Waals surface area contributed by atoms with E-state index in [1.807, 2.05) is 18.2 Å². The summed E-state index contributed by atoms with van der Waals surface area (Å²) < 4.78 is 5.50. The first kappa shape index (κ1) is 17.1. The molecule has 0 atom stereocenters. The Bertz CT molecular complexity index is 789. The monoisotopic (exact) mass is 339 g/mol. The van der Waals surface area contributed by atoms with Crippen molar-refractivity contribution >= 4 is 11.7 Å². The molecule has 130 valence electrons. The Morgan fingerprint density at radius 2 is 1.96 bits per heavy atom. The van der Waals surface area contributed by atoms with E-state index in [1.165, 1.54) is 0 Å². The van der Waals surface area contributed by atoms with Gasteiger partial charge in [-0.15, -0.1) is 0 Å². The summed E-state index contributed by atoms with van der Waals surface area (Å²) in [6, 6.07) is 9.09. The van der Waals surface area contributed by atoms with Gasteiger partial charge in [0.25, 0.3) is 5.91 Å². The summed E-state index contributed by atoms with van der Waals surface area (Å²) >= 11 is 0. The molecule has 2 aromatic heterocycles. The summed E-state index contributed by atoms with van der Waals surface area (Å²) in [7, 11) is 0. The zero-order valence-corrected chi connectivity index (χ0v) is 14.4. The van der Waals surface area contributed by atoms with Gasteiger partial charge in [0, 0.05) is 32.4 Å². The van der Waals surface area contributed by atoms with E-state index in [2.05, 4.69) is 21.7 Å². The van der Waals surface area contributed by atoms with E-state index in [1.54, 1.807) is 37.1 Å². The highest BCUT2D eigenvalue weighted by Gasteiger charge is 2.24. The molecule has 0 radical (unpaired) electrons. The molecule has 0 bridgehead atoms. The van der Waals surface area contributed by atoms with Crippen LogP contribution in [0.5, 0.6) is 0 Å².